The van der Waals surface area contributed by atoms with Gasteiger partial charge in [-0.05, 0) is 37.3 Å². The number of rotatable bonds is 3. The summed E-state index contributed by atoms with van der Waals surface area (Å²) in [5.74, 6) is 0.505. The molecule has 1 N–H and O–H groups in total. The molecule has 2 unspecified atom stereocenters. The average molecular weight is 314 g/mol. The van der Waals surface area contributed by atoms with Gasteiger partial charge in [-0.25, -0.2) is 4.98 Å². The van der Waals surface area contributed by atoms with Gasteiger partial charge in [0.25, 0.3) is 5.91 Å². The fourth-order valence-corrected chi connectivity index (χ4v) is 3.18. The summed E-state index contributed by atoms with van der Waals surface area (Å²) in [5, 5.41) is 11.6. The van der Waals surface area contributed by atoms with Crippen LogP contribution in [0.5, 0.6) is 5.88 Å². The van der Waals surface area contributed by atoms with Crippen molar-refractivity contribution in [2.45, 2.75) is 25.9 Å². The highest BCUT2D eigenvalue weighted by Crippen LogP contribution is 2.26. The summed E-state index contributed by atoms with van der Waals surface area (Å²) in [6.45, 7) is 3.07. The predicted octanol–water partition coefficient (Wildman–Crippen LogP) is 2.48. The quantitative estimate of drug-likeness (QED) is 0.945. The minimum Gasteiger partial charge on any atom is -0.481 e. The second kappa shape index (κ2) is 6.54. The van der Waals surface area contributed by atoms with E-state index in [1.54, 1.807) is 18.9 Å². The van der Waals surface area contributed by atoms with Crippen LogP contribution in [0.25, 0.3) is 10.8 Å². The van der Waals surface area contributed by atoms with E-state index in [1.165, 1.54) is 0 Å². The highest BCUT2D eigenvalue weighted by atomic mass is 16.5. The number of piperidine rings is 1. The Balaban J connectivity index is 1.91. The number of aliphatic hydroxyl groups is 1. The molecule has 2 aromatic rings. The highest BCUT2D eigenvalue weighted by Gasteiger charge is 2.28. The molecule has 3 rings (SSSR count). The van der Waals surface area contributed by atoms with Crippen LogP contribution in [0.2, 0.25) is 0 Å². The number of fused-ring (bicyclic) bond motifs is 1. The van der Waals surface area contributed by atoms with Gasteiger partial charge in [0.2, 0.25) is 5.88 Å². The third kappa shape index (κ3) is 3.15. The molecule has 23 heavy (non-hydrogen) atoms. The van der Waals surface area contributed by atoms with Crippen LogP contribution < -0.4 is 4.74 Å². The van der Waals surface area contributed by atoms with E-state index < -0.39 is 6.10 Å². The first-order chi connectivity index (χ1) is 11.1. The molecule has 1 fully saturated rings. The van der Waals surface area contributed by atoms with E-state index >= 15 is 0 Å². The van der Waals surface area contributed by atoms with E-state index in [9.17, 15) is 9.90 Å². The second-order valence-corrected chi connectivity index (χ2v) is 6.13. The summed E-state index contributed by atoms with van der Waals surface area (Å²) >= 11 is 0. The lowest BCUT2D eigenvalue weighted by molar-refractivity contribution is 0.0461. The first-order valence-corrected chi connectivity index (χ1v) is 8.01. The lowest BCUT2D eigenvalue weighted by Gasteiger charge is -2.34. The Bertz CT molecular complexity index is 714. The van der Waals surface area contributed by atoms with Crippen LogP contribution in [0.15, 0.2) is 30.3 Å². The lowest BCUT2D eigenvalue weighted by Crippen LogP contribution is -2.43. The van der Waals surface area contributed by atoms with Gasteiger partial charge in [0.1, 0.15) is 5.69 Å². The van der Waals surface area contributed by atoms with Crippen LogP contribution in [0.3, 0.4) is 0 Å². The molecular formula is C18H22N2O3. The molecule has 1 aliphatic heterocycles. The van der Waals surface area contributed by atoms with E-state index in [-0.39, 0.29) is 11.8 Å². The number of pyridine rings is 1. The Morgan fingerprint density at radius 1 is 1.43 bits per heavy atom. The zero-order valence-electron chi connectivity index (χ0n) is 13.5. The first-order valence-electron chi connectivity index (χ1n) is 8.01. The number of nitrogens with zero attached hydrogens (tertiary/aromatic N) is 2. The van der Waals surface area contributed by atoms with Gasteiger partial charge in [-0.2, -0.15) is 0 Å². The van der Waals surface area contributed by atoms with E-state index in [1.807, 2.05) is 30.3 Å². The number of hydrogen-bond donors (Lipinski definition) is 1. The van der Waals surface area contributed by atoms with Gasteiger partial charge in [-0.15, -0.1) is 0 Å². The first kappa shape index (κ1) is 15.7. The number of likely N-dealkylation sites (tertiary alicyclic amines) is 1. The third-order valence-corrected chi connectivity index (χ3v) is 4.55. The lowest BCUT2D eigenvalue weighted by atomic mass is 9.93. The van der Waals surface area contributed by atoms with Crippen LogP contribution in [0.1, 0.15) is 30.3 Å². The van der Waals surface area contributed by atoms with E-state index in [0.29, 0.717) is 24.7 Å². The van der Waals surface area contributed by atoms with Gasteiger partial charge in [0.05, 0.1) is 13.2 Å². The Labute approximate surface area is 135 Å². The molecule has 2 heterocycles. The maximum atomic E-state index is 12.8. The van der Waals surface area contributed by atoms with Crippen LogP contribution in [-0.4, -0.2) is 47.2 Å². The summed E-state index contributed by atoms with van der Waals surface area (Å²) in [4.78, 5) is 19.0. The Hall–Kier alpha value is -2.14. The molecule has 1 saturated heterocycles. The molecule has 122 valence electrons. The van der Waals surface area contributed by atoms with Crippen molar-refractivity contribution in [3.8, 4) is 5.88 Å². The van der Waals surface area contributed by atoms with E-state index in [0.717, 1.165) is 23.6 Å². The summed E-state index contributed by atoms with van der Waals surface area (Å²) in [6.07, 6.45) is 1.46. The Morgan fingerprint density at radius 3 is 2.96 bits per heavy atom. The second-order valence-electron chi connectivity index (χ2n) is 6.13. The van der Waals surface area contributed by atoms with Crippen LogP contribution in [0, 0.1) is 5.92 Å². The van der Waals surface area contributed by atoms with Crippen molar-refractivity contribution in [2.75, 3.05) is 20.2 Å². The summed E-state index contributed by atoms with van der Waals surface area (Å²) in [5.41, 5.74) is 0.395. The van der Waals surface area contributed by atoms with Crippen LogP contribution in [0.4, 0.5) is 0 Å². The van der Waals surface area contributed by atoms with E-state index in [2.05, 4.69) is 4.98 Å². The molecule has 5 nitrogen and oxygen atoms in total. The SMILES string of the molecule is COc1nc(C(=O)N2CCCC(C(C)O)C2)cc2ccccc12. The number of hydrogen-bond acceptors (Lipinski definition) is 4. The molecule has 0 saturated carbocycles. The van der Waals surface area contributed by atoms with Crippen LogP contribution in [-0.2, 0) is 0 Å². The van der Waals surface area contributed by atoms with E-state index in [4.69, 9.17) is 4.74 Å². The van der Waals surface area contributed by atoms with Crippen molar-refractivity contribution < 1.29 is 14.6 Å². The topological polar surface area (TPSA) is 62.7 Å². The molecule has 1 aliphatic rings. The largest absolute Gasteiger partial charge is 0.481 e. The van der Waals surface area contributed by atoms with Crippen molar-refractivity contribution in [1.82, 2.24) is 9.88 Å². The fraction of sp³-hybridized carbons (Fsp3) is 0.444. The smallest absolute Gasteiger partial charge is 0.272 e. The zero-order chi connectivity index (χ0) is 16.4. The number of aromatic nitrogens is 1. The number of ether oxygens (including phenoxy) is 1. The zero-order valence-corrected chi connectivity index (χ0v) is 13.5. The normalized spacial score (nSPS) is 19.6. The summed E-state index contributed by atoms with van der Waals surface area (Å²) < 4.78 is 5.34. The monoisotopic (exact) mass is 314 g/mol. The van der Waals surface area contributed by atoms with Gasteiger partial charge in [-0.3, -0.25) is 4.79 Å². The standard InChI is InChI=1S/C18H22N2O3/c1-12(21)14-7-5-9-20(11-14)18(22)16-10-13-6-3-4-8-15(13)17(19-16)23-2/h3-4,6,8,10,12,14,21H,5,7,9,11H2,1-2H3. The fourth-order valence-electron chi connectivity index (χ4n) is 3.18. The number of amides is 1. The van der Waals surface area contributed by atoms with Crippen molar-refractivity contribution in [3.05, 3.63) is 36.0 Å². The molecule has 1 aromatic carbocycles. The molecule has 1 amide bonds. The molecule has 0 bridgehead atoms. The third-order valence-electron chi connectivity index (χ3n) is 4.55. The van der Waals surface area contributed by atoms with Crippen molar-refractivity contribution in [2.24, 2.45) is 5.92 Å². The molecule has 0 radical (unpaired) electrons. The number of benzene rings is 1. The molecular weight excluding hydrogens is 292 g/mol. The molecule has 0 aliphatic carbocycles. The maximum absolute atomic E-state index is 12.8. The summed E-state index contributed by atoms with van der Waals surface area (Å²) in [6, 6.07) is 9.55. The van der Waals surface area contributed by atoms with Gasteiger partial charge in [0, 0.05) is 24.4 Å². The number of carbonyl (C=O) groups excluding carboxylic acids is 1. The number of methoxy groups -OCH3 is 1. The van der Waals surface area contributed by atoms with Gasteiger partial charge >= 0.3 is 0 Å². The number of carbonyl (C=O) groups is 1. The number of aliphatic hydroxyl groups excluding tert-OH is 1. The van der Waals surface area contributed by atoms with Gasteiger partial charge < -0.3 is 14.7 Å². The molecule has 2 atom stereocenters. The molecule has 5 heteroatoms. The van der Waals surface area contributed by atoms with Gasteiger partial charge in [0.15, 0.2) is 0 Å². The Morgan fingerprint density at radius 2 is 2.22 bits per heavy atom. The van der Waals surface area contributed by atoms with Gasteiger partial charge in [-0.1, -0.05) is 18.2 Å². The maximum Gasteiger partial charge on any atom is 0.272 e. The molecule has 0 spiro atoms. The molecule has 1 aromatic heterocycles. The van der Waals surface area contributed by atoms with Crippen molar-refractivity contribution in [1.29, 1.82) is 0 Å². The van der Waals surface area contributed by atoms with Crippen molar-refractivity contribution in [3.63, 3.8) is 0 Å². The van der Waals surface area contributed by atoms with Crippen LogP contribution >= 0.6 is 0 Å². The highest BCUT2D eigenvalue weighted by molar-refractivity contribution is 5.98. The Kier molecular flexibility index (Phi) is 4.48. The predicted molar refractivity (Wildman–Crippen MR) is 88.6 cm³/mol. The van der Waals surface area contributed by atoms with Crippen molar-refractivity contribution >= 4 is 16.7 Å². The minimum atomic E-state index is -0.398. The summed E-state index contributed by atoms with van der Waals surface area (Å²) in [7, 11) is 1.56. The minimum absolute atomic E-state index is 0.0978. The average Bonchev–Trinajstić information content (AvgIpc) is 2.60.